The molecule has 2 aliphatic heterocycles. The van der Waals surface area contributed by atoms with Crippen molar-refractivity contribution in [1.82, 2.24) is 15.1 Å². The van der Waals surface area contributed by atoms with Gasteiger partial charge in [-0.2, -0.15) is 0 Å². The highest BCUT2D eigenvalue weighted by atomic mass is 16.3. The summed E-state index contributed by atoms with van der Waals surface area (Å²) in [5.41, 5.74) is 0.710. The molecule has 1 spiro atoms. The number of rotatable bonds is 5. The van der Waals surface area contributed by atoms with Crippen molar-refractivity contribution < 1.29 is 14.7 Å². The standard InChI is InChI=1S/C19H27N3O3/c1-3-10-20-18(25)22-15(11-23)17(14-8-6-5-7-9-14)19(22)12-21(13-19)16(24)4-2/h5-9,15,17,23H,3-4,10-13H2,1-2H3,(H,20,25)/t15-,17-/m0/s1. The van der Waals surface area contributed by atoms with E-state index in [1.807, 2.05) is 49.1 Å². The number of nitrogens with zero attached hydrogens (tertiary/aromatic N) is 2. The van der Waals surface area contributed by atoms with Crippen LogP contribution in [-0.4, -0.2) is 64.7 Å². The Hall–Kier alpha value is -2.08. The molecular formula is C19H27N3O3. The van der Waals surface area contributed by atoms with E-state index in [-0.39, 0.29) is 30.5 Å². The fraction of sp³-hybridized carbons (Fsp3) is 0.579. The molecule has 0 unspecified atom stereocenters. The fourth-order valence-corrected chi connectivity index (χ4v) is 4.32. The third kappa shape index (κ3) is 2.78. The van der Waals surface area contributed by atoms with Crippen LogP contribution in [0.15, 0.2) is 30.3 Å². The Labute approximate surface area is 148 Å². The molecule has 136 valence electrons. The minimum absolute atomic E-state index is 0.0481. The number of amides is 3. The normalized spacial score (nSPS) is 23.8. The van der Waals surface area contributed by atoms with Gasteiger partial charge in [0, 0.05) is 32.0 Å². The molecule has 0 saturated carbocycles. The Morgan fingerprint density at radius 1 is 1.24 bits per heavy atom. The van der Waals surface area contributed by atoms with Crippen LogP contribution in [0.2, 0.25) is 0 Å². The molecule has 0 aromatic heterocycles. The summed E-state index contributed by atoms with van der Waals surface area (Å²) in [6.07, 6.45) is 1.33. The minimum atomic E-state index is -0.405. The Bertz CT molecular complexity index is 628. The van der Waals surface area contributed by atoms with Crippen LogP contribution in [0.25, 0.3) is 0 Å². The van der Waals surface area contributed by atoms with Gasteiger partial charge in [-0.1, -0.05) is 44.2 Å². The van der Waals surface area contributed by atoms with E-state index in [1.165, 1.54) is 0 Å². The topological polar surface area (TPSA) is 72.9 Å². The van der Waals surface area contributed by atoms with Gasteiger partial charge in [0.2, 0.25) is 5.91 Å². The molecule has 6 heteroatoms. The molecule has 2 atom stereocenters. The lowest BCUT2D eigenvalue weighted by molar-refractivity contribution is -0.176. The molecule has 0 bridgehead atoms. The van der Waals surface area contributed by atoms with Gasteiger partial charge in [-0.3, -0.25) is 4.79 Å². The summed E-state index contributed by atoms with van der Waals surface area (Å²) in [7, 11) is 0. The van der Waals surface area contributed by atoms with Gasteiger partial charge in [0.15, 0.2) is 0 Å². The van der Waals surface area contributed by atoms with Crippen LogP contribution >= 0.6 is 0 Å². The quantitative estimate of drug-likeness (QED) is 0.851. The summed E-state index contributed by atoms with van der Waals surface area (Å²) < 4.78 is 0. The Balaban J connectivity index is 1.87. The number of aliphatic hydroxyl groups is 1. The number of carbonyl (C=O) groups excluding carboxylic acids is 2. The third-order valence-electron chi connectivity index (χ3n) is 5.45. The fourth-order valence-electron chi connectivity index (χ4n) is 4.32. The van der Waals surface area contributed by atoms with Gasteiger partial charge in [-0.15, -0.1) is 0 Å². The number of hydrogen-bond acceptors (Lipinski definition) is 3. The lowest BCUT2D eigenvalue weighted by Crippen LogP contribution is -2.86. The molecule has 3 amide bonds. The average molecular weight is 345 g/mol. The molecule has 0 radical (unpaired) electrons. The van der Waals surface area contributed by atoms with Crippen LogP contribution < -0.4 is 5.32 Å². The molecule has 1 aromatic rings. The second-order valence-electron chi connectivity index (χ2n) is 6.95. The van der Waals surface area contributed by atoms with E-state index in [2.05, 4.69) is 5.32 Å². The van der Waals surface area contributed by atoms with Crippen LogP contribution in [0.5, 0.6) is 0 Å². The van der Waals surface area contributed by atoms with Crippen LogP contribution in [0.1, 0.15) is 38.2 Å². The zero-order valence-electron chi connectivity index (χ0n) is 14.9. The second kappa shape index (κ2) is 7.04. The summed E-state index contributed by atoms with van der Waals surface area (Å²) in [6, 6.07) is 9.61. The highest BCUT2D eigenvalue weighted by Gasteiger charge is 2.68. The zero-order chi connectivity index (χ0) is 18.0. The molecule has 0 aliphatic carbocycles. The van der Waals surface area contributed by atoms with Crippen LogP contribution in [0.4, 0.5) is 4.79 Å². The molecule has 6 nitrogen and oxygen atoms in total. The van der Waals surface area contributed by atoms with Crippen LogP contribution in [-0.2, 0) is 4.79 Å². The van der Waals surface area contributed by atoms with Gasteiger partial charge in [-0.05, 0) is 12.0 Å². The predicted molar refractivity (Wildman–Crippen MR) is 95.2 cm³/mol. The number of hydrogen-bond donors (Lipinski definition) is 2. The van der Waals surface area contributed by atoms with E-state index in [0.717, 1.165) is 12.0 Å². The summed E-state index contributed by atoms with van der Waals surface area (Å²) in [5, 5.41) is 12.9. The van der Waals surface area contributed by atoms with Gasteiger partial charge >= 0.3 is 6.03 Å². The van der Waals surface area contributed by atoms with E-state index in [0.29, 0.717) is 26.1 Å². The Kier molecular flexibility index (Phi) is 4.99. The predicted octanol–water partition coefficient (Wildman–Crippen LogP) is 1.56. The van der Waals surface area contributed by atoms with E-state index >= 15 is 0 Å². The highest BCUT2D eigenvalue weighted by molar-refractivity contribution is 5.81. The number of benzene rings is 1. The maximum Gasteiger partial charge on any atom is 0.318 e. The summed E-state index contributed by atoms with van der Waals surface area (Å²) in [6.45, 7) is 5.46. The molecule has 1 aromatic carbocycles. The lowest BCUT2D eigenvalue weighted by Gasteiger charge is -2.70. The number of nitrogens with one attached hydrogen (secondary N) is 1. The number of likely N-dealkylation sites (tertiary alicyclic amines) is 2. The monoisotopic (exact) mass is 345 g/mol. The van der Waals surface area contributed by atoms with E-state index in [1.54, 1.807) is 4.90 Å². The van der Waals surface area contributed by atoms with E-state index in [9.17, 15) is 14.7 Å². The minimum Gasteiger partial charge on any atom is -0.394 e. The van der Waals surface area contributed by atoms with Crippen molar-refractivity contribution in [1.29, 1.82) is 0 Å². The molecule has 2 fully saturated rings. The van der Waals surface area contributed by atoms with E-state index < -0.39 is 5.54 Å². The van der Waals surface area contributed by atoms with Crippen molar-refractivity contribution >= 4 is 11.9 Å². The number of urea groups is 1. The molecular weight excluding hydrogens is 318 g/mol. The van der Waals surface area contributed by atoms with Gasteiger partial charge in [0.1, 0.15) is 0 Å². The molecule has 2 saturated heterocycles. The van der Waals surface area contributed by atoms with Crippen molar-refractivity contribution in [3.63, 3.8) is 0 Å². The van der Waals surface area contributed by atoms with Crippen molar-refractivity contribution in [2.45, 2.75) is 44.2 Å². The first kappa shape index (κ1) is 17.7. The average Bonchev–Trinajstić information content (AvgIpc) is 2.58. The van der Waals surface area contributed by atoms with Crippen molar-refractivity contribution in [2.24, 2.45) is 0 Å². The Morgan fingerprint density at radius 2 is 1.92 bits per heavy atom. The maximum atomic E-state index is 12.7. The lowest BCUT2D eigenvalue weighted by atomic mass is 9.61. The Morgan fingerprint density at radius 3 is 2.48 bits per heavy atom. The maximum absolute atomic E-state index is 12.7. The second-order valence-corrected chi connectivity index (χ2v) is 6.95. The summed E-state index contributed by atoms with van der Waals surface area (Å²) in [4.78, 5) is 28.3. The first-order valence-corrected chi connectivity index (χ1v) is 9.09. The smallest absolute Gasteiger partial charge is 0.318 e. The van der Waals surface area contributed by atoms with Crippen molar-refractivity contribution in [2.75, 3.05) is 26.2 Å². The highest BCUT2D eigenvalue weighted by Crippen LogP contribution is 2.53. The first-order chi connectivity index (χ1) is 12.1. The molecule has 2 N–H and O–H groups in total. The summed E-state index contributed by atoms with van der Waals surface area (Å²) in [5.74, 6) is 0.158. The number of aliphatic hydroxyl groups excluding tert-OH is 1. The summed E-state index contributed by atoms with van der Waals surface area (Å²) >= 11 is 0. The van der Waals surface area contributed by atoms with Gasteiger partial charge in [0.25, 0.3) is 0 Å². The van der Waals surface area contributed by atoms with Gasteiger partial charge in [0.05, 0.1) is 18.2 Å². The van der Waals surface area contributed by atoms with Gasteiger partial charge in [-0.25, -0.2) is 4.79 Å². The SMILES string of the molecule is CCCNC(=O)N1[C@@H](CO)[C@H](c2ccccc2)C12CN(C(=O)CC)C2. The molecule has 2 aliphatic rings. The molecule has 2 heterocycles. The van der Waals surface area contributed by atoms with Crippen molar-refractivity contribution in [3.05, 3.63) is 35.9 Å². The van der Waals surface area contributed by atoms with Crippen LogP contribution in [0, 0.1) is 0 Å². The zero-order valence-corrected chi connectivity index (χ0v) is 14.9. The third-order valence-corrected chi connectivity index (χ3v) is 5.45. The van der Waals surface area contributed by atoms with Crippen molar-refractivity contribution in [3.8, 4) is 0 Å². The molecule has 3 rings (SSSR count). The molecule has 25 heavy (non-hydrogen) atoms. The number of carbonyl (C=O) groups is 2. The van der Waals surface area contributed by atoms with Gasteiger partial charge < -0.3 is 20.2 Å². The van der Waals surface area contributed by atoms with E-state index in [4.69, 9.17) is 0 Å². The first-order valence-electron chi connectivity index (χ1n) is 9.09. The largest absolute Gasteiger partial charge is 0.394 e. The van der Waals surface area contributed by atoms with Crippen LogP contribution in [0.3, 0.4) is 0 Å².